The number of rotatable bonds is 8. The standard InChI is InChI=1S/C24H30N2O4/c1-7-29-22-13-18(8-9-21(22)30-11-10-15(2)3)12-19-17(6)20(14-25)24(28)26(16(4)5)23(19)27/h8-9,12-13,15-16H,7,10-11H2,1-6H3/b19-12+. The third kappa shape index (κ3) is 5.10. The molecule has 0 N–H and O–H groups in total. The van der Waals surface area contributed by atoms with Crippen LogP contribution in [0.4, 0.5) is 0 Å². The van der Waals surface area contributed by atoms with Gasteiger partial charge in [0.05, 0.1) is 13.2 Å². The molecule has 30 heavy (non-hydrogen) atoms. The lowest BCUT2D eigenvalue weighted by molar-refractivity contribution is -0.142. The number of hydrogen-bond acceptors (Lipinski definition) is 5. The highest BCUT2D eigenvalue weighted by Crippen LogP contribution is 2.32. The molecule has 6 nitrogen and oxygen atoms in total. The second-order valence-electron chi connectivity index (χ2n) is 7.91. The summed E-state index contributed by atoms with van der Waals surface area (Å²) in [5, 5.41) is 9.44. The van der Waals surface area contributed by atoms with Crippen molar-refractivity contribution >= 4 is 17.9 Å². The number of carbonyl (C=O) groups excluding carboxylic acids is 2. The average Bonchev–Trinajstić information content (AvgIpc) is 2.66. The smallest absolute Gasteiger partial charge is 0.271 e. The van der Waals surface area contributed by atoms with Crippen molar-refractivity contribution in [2.24, 2.45) is 5.92 Å². The van der Waals surface area contributed by atoms with E-state index in [0.29, 0.717) is 41.8 Å². The summed E-state index contributed by atoms with van der Waals surface area (Å²) < 4.78 is 11.6. The summed E-state index contributed by atoms with van der Waals surface area (Å²) in [6.07, 6.45) is 2.63. The van der Waals surface area contributed by atoms with Crippen molar-refractivity contribution in [1.29, 1.82) is 5.26 Å². The lowest BCUT2D eigenvalue weighted by Crippen LogP contribution is -2.46. The first kappa shape index (κ1) is 23.2. The minimum absolute atomic E-state index is 0.00628. The van der Waals surface area contributed by atoms with Gasteiger partial charge in [-0.2, -0.15) is 5.26 Å². The van der Waals surface area contributed by atoms with Crippen LogP contribution in [0.1, 0.15) is 53.5 Å². The summed E-state index contributed by atoms with van der Waals surface area (Å²) >= 11 is 0. The second-order valence-corrected chi connectivity index (χ2v) is 7.91. The second kappa shape index (κ2) is 10.1. The van der Waals surface area contributed by atoms with Crippen LogP contribution in [0, 0.1) is 17.2 Å². The Bertz CT molecular complexity index is 920. The van der Waals surface area contributed by atoms with Crippen LogP contribution in [0.2, 0.25) is 0 Å². The monoisotopic (exact) mass is 410 g/mol. The van der Waals surface area contributed by atoms with Crippen LogP contribution >= 0.6 is 0 Å². The van der Waals surface area contributed by atoms with Crippen LogP contribution in [-0.2, 0) is 9.59 Å². The maximum atomic E-state index is 13.0. The van der Waals surface area contributed by atoms with Gasteiger partial charge in [-0.15, -0.1) is 0 Å². The van der Waals surface area contributed by atoms with Crippen molar-refractivity contribution in [2.45, 2.75) is 54.0 Å². The molecular weight excluding hydrogens is 380 g/mol. The van der Waals surface area contributed by atoms with E-state index in [2.05, 4.69) is 13.8 Å². The fourth-order valence-electron chi connectivity index (χ4n) is 3.14. The van der Waals surface area contributed by atoms with E-state index in [0.717, 1.165) is 16.9 Å². The lowest BCUT2D eigenvalue weighted by Gasteiger charge is -2.30. The summed E-state index contributed by atoms with van der Waals surface area (Å²) in [5.41, 5.74) is 1.44. The number of imide groups is 1. The molecule has 0 saturated heterocycles. The number of amides is 2. The van der Waals surface area contributed by atoms with Gasteiger partial charge in [0.25, 0.3) is 11.8 Å². The topological polar surface area (TPSA) is 79.6 Å². The Morgan fingerprint density at radius 1 is 1.10 bits per heavy atom. The van der Waals surface area contributed by atoms with Gasteiger partial charge in [0.1, 0.15) is 11.6 Å². The Kier molecular flexibility index (Phi) is 7.82. The molecule has 1 aromatic carbocycles. The summed E-state index contributed by atoms with van der Waals surface area (Å²) in [6.45, 7) is 12.4. The van der Waals surface area contributed by atoms with E-state index in [-0.39, 0.29) is 11.6 Å². The van der Waals surface area contributed by atoms with E-state index in [1.165, 1.54) is 0 Å². The molecule has 6 heteroatoms. The first-order valence-electron chi connectivity index (χ1n) is 10.3. The number of nitrogens with zero attached hydrogens (tertiary/aromatic N) is 2. The fraction of sp³-hybridized carbons (Fsp3) is 0.458. The van der Waals surface area contributed by atoms with E-state index < -0.39 is 11.8 Å². The molecule has 0 saturated carbocycles. The summed E-state index contributed by atoms with van der Waals surface area (Å²) in [5.74, 6) is 0.840. The van der Waals surface area contributed by atoms with Gasteiger partial charge < -0.3 is 9.47 Å². The third-order valence-corrected chi connectivity index (χ3v) is 4.82. The van der Waals surface area contributed by atoms with E-state index in [9.17, 15) is 14.9 Å². The summed E-state index contributed by atoms with van der Waals surface area (Å²) in [6, 6.07) is 7.07. The third-order valence-electron chi connectivity index (χ3n) is 4.82. The van der Waals surface area contributed by atoms with Crippen molar-refractivity contribution in [1.82, 2.24) is 4.90 Å². The number of carbonyl (C=O) groups is 2. The molecule has 0 unspecified atom stereocenters. The Labute approximate surface area is 178 Å². The molecule has 2 amide bonds. The summed E-state index contributed by atoms with van der Waals surface area (Å²) in [7, 11) is 0. The van der Waals surface area contributed by atoms with Crippen molar-refractivity contribution < 1.29 is 19.1 Å². The van der Waals surface area contributed by atoms with Gasteiger partial charge in [-0.05, 0) is 69.4 Å². The maximum absolute atomic E-state index is 13.0. The Balaban J connectivity index is 2.46. The minimum atomic E-state index is -0.545. The average molecular weight is 411 g/mol. The van der Waals surface area contributed by atoms with Crippen molar-refractivity contribution in [3.63, 3.8) is 0 Å². The quantitative estimate of drug-likeness (QED) is 0.465. The van der Waals surface area contributed by atoms with Crippen LogP contribution in [-0.4, -0.2) is 36.0 Å². The van der Waals surface area contributed by atoms with Gasteiger partial charge in [0, 0.05) is 11.6 Å². The van der Waals surface area contributed by atoms with Crippen molar-refractivity contribution in [3.05, 3.63) is 40.5 Å². The zero-order valence-corrected chi connectivity index (χ0v) is 18.6. The number of hydrogen-bond donors (Lipinski definition) is 0. The molecular formula is C24H30N2O4. The molecule has 160 valence electrons. The zero-order valence-electron chi connectivity index (χ0n) is 18.6. The Hall–Kier alpha value is -3.07. The highest BCUT2D eigenvalue weighted by Gasteiger charge is 2.36. The van der Waals surface area contributed by atoms with E-state index in [4.69, 9.17) is 9.47 Å². The fourth-order valence-corrected chi connectivity index (χ4v) is 3.14. The van der Waals surface area contributed by atoms with Crippen LogP contribution < -0.4 is 9.47 Å². The van der Waals surface area contributed by atoms with E-state index >= 15 is 0 Å². The molecule has 0 fully saturated rings. The molecule has 0 bridgehead atoms. The predicted octanol–water partition coefficient (Wildman–Crippen LogP) is 4.51. The molecule has 0 radical (unpaired) electrons. The summed E-state index contributed by atoms with van der Waals surface area (Å²) in [4.78, 5) is 26.6. The van der Waals surface area contributed by atoms with Crippen molar-refractivity contribution in [3.8, 4) is 17.6 Å². The molecule has 1 aromatic rings. The molecule has 1 aliphatic rings. The Morgan fingerprint density at radius 3 is 2.37 bits per heavy atom. The van der Waals surface area contributed by atoms with E-state index in [1.807, 2.05) is 31.2 Å². The van der Waals surface area contributed by atoms with E-state index in [1.54, 1.807) is 26.8 Å². The molecule has 0 atom stereocenters. The van der Waals surface area contributed by atoms with Gasteiger partial charge >= 0.3 is 0 Å². The van der Waals surface area contributed by atoms with Crippen molar-refractivity contribution in [2.75, 3.05) is 13.2 Å². The van der Waals surface area contributed by atoms with Crippen LogP contribution in [0.25, 0.3) is 6.08 Å². The maximum Gasteiger partial charge on any atom is 0.271 e. The zero-order chi connectivity index (χ0) is 22.4. The first-order valence-corrected chi connectivity index (χ1v) is 10.3. The van der Waals surface area contributed by atoms with Gasteiger partial charge in [-0.1, -0.05) is 19.9 Å². The predicted molar refractivity (Wildman–Crippen MR) is 116 cm³/mol. The number of benzene rings is 1. The normalized spacial score (nSPS) is 16.0. The highest BCUT2D eigenvalue weighted by molar-refractivity contribution is 6.19. The number of ether oxygens (including phenoxy) is 2. The SMILES string of the molecule is CCOc1cc(/C=C2/C(=O)N(C(C)C)C(=O)C(C#N)=C2C)ccc1OCCC(C)C. The molecule has 0 aromatic heterocycles. The van der Waals surface area contributed by atoms with Gasteiger partial charge in [-0.25, -0.2) is 0 Å². The number of nitriles is 1. The molecule has 0 spiro atoms. The largest absolute Gasteiger partial charge is 0.490 e. The van der Waals surface area contributed by atoms with Gasteiger partial charge in [0.15, 0.2) is 11.5 Å². The molecule has 2 rings (SSSR count). The molecule has 1 heterocycles. The Morgan fingerprint density at radius 2 is 1.80 bits per heavy atom. The van der Waals surface area contributed by atoms with Crippen LogP contribution in [0.15, 0.2) is 34.9 Å². The van der Waals surface area contributed by atoms with Crippen LogP contribution in [0.5, 0.6) is 11.5 Å². The van der Waals surface area contributed by atoms with Gasteiger partial charge in [0.2, 0.25) is 0 Å². The minimum Gasteiger partial charge on any atom is -0.490 e. The first-order chi connectivity index (χ1) is 14.2. The highest BCUT2D eigenvalue weighted by atomic mass is 16.5. The molecule has 1 aliphatic heterocycles. The van der Waals surface area contributed by atoms with Crippen LogP contribution in [0.3, 0.4) is 0 Å². The molecule has 0 aliphatic carbocycles. The van der Waals surface area contributed by atoms with Gasteiger partial charge in [-0.3, -0.25) is 14.5 Å². The lowest BCUT2D eigenvalue weighted by atomic mass is 9.93.